The topological polar surface area (TPSA) is 142 Å². The van der Waals surface area contributed by atoms with Crippen LogP contribution < -0.4 is 10.6 Å². The second-order valence-corrected chi connectivity index (χ2v) is 7.28. The highest BCUT2D eigenvalue weighted by Crippen LogP contribution is 2.13. The Bertz CT molecular complexity index is 558. The van der Waals surface area contributed by atoms with E-state index in [2.05, 4.69) is 28.0 Å². The molecule has 0 fully saturated rings. The molecule has 0 radical (unpaired) electrons. The van der Waals surface area contributed by atoms with Crippen LogP contribution >= 0.6 is 12.6 Å². The fourth-order valence-electron chi connectivity index (χ4n) is 2.37. The number of amides is 2. The van der Waals surface area contributed by atoms with Gasteiger partial charge in [-0.3, -0.25) is 9.59 Å². The van der Waals surface area contributed by atoms with E-state index in [1.54, 1.807) is 20.8 Å². The first kappa shape index (κ1) is 26.2. The first-order chi connectivity index (χ1) is 13.0. The highest BCUT2D eigenvalue weighted by molar-refractivity contribution is 7.81. The second-order valence-electron chi connectivity index (χ2n) is 6.72. The summed E-state index contributed by atoms with van der Waals surface area (Å²) in [6.07, 6.45) is -0.727. The number of esters is 1. The first-order valence-corrected chi connectivity index (χ1v) is 9.89. The molecule has 0 saturated carbocycles. The van der Waals surface area contributed by atoms with Crippen LogP contribution in [-0.2, 0) is 23.9 Å². The molecule has 0 aromatic carbocycles. The zero-order chi connectivity index (χ0) is 22.0. The van der Waals surface area contributed by atoms with Crippen molar-refractivity contribution in [3.63, 3.8) is 0 Å². The smallest absolute Gasteiger partial charge is 0.336 e. The van der Waals surface area contributed by atoms with Crippen molar-refractivity contribution >= 4 is 36.4 Å². The fourth-order valence-corrected chi connectivity index (χ4v) is 2.56. The molecule has 0 unspecified atom stereocenters. The van der Waals surface area contributed by atoms with Gasteiger partial charge in [-0.15, -0.1) is 0 Å². The van der Waals surface area contributed by atoms with Gasteiger partial charge in [-0.25, -0.2) is 9.59 Å². The first-order valence-electron chi connectivity index (χ1n) is 9.37. The maximum Gasteiger partial charge on any atom is 0.336 e. The lowest BCUT2D eigenvalue weighted by molar-refractivity contribution is -0.154. The summed E-state index contributed by atoms with van der Waals surface area (Å²) in [5, 5.41) is 22.7. The quantitative estimate of drug-likeness (QED) is 0.227. The van der Waals surface area contributed by atoms with Gasteiger partial charge < -0.3 is 25.6 Å². The van der Waals surface area contributed by atoms with Crippen molar-refractivity contribution in [2.75, 3.05) is 6.61 Å². The van der Waals surface area contributed by atoms with Crippen molar-refractivity contribution in [2.24, 2.45) is 11.8 Å². The SMILES string of the molecule is CCOC(=O)[C@@H](O)[C@@H](S)C(=O)N[C@H](C(=O)N[C@H](C(=O)O)[C@@H](C)CC)[C@@H](C)CC. The summed E-state index contributed by atoms with van der Waals surface area (Å²) in [6.45, 7) is 8.63. The van der Waals surface area contributed by atoms with Crippen LogP contribution in [0.25, 0.3) is 0 Å². The molecule has 0 saturated heterocycles. The average molecular weight is 421 g/mol. The summed E-state index contributed by atoms with van der Waals surface area (Å²) >= 11 is 3.95. The molecule has 0 aliphatic rings. The summed E-state index contributed by atoms with van der Waals surface area (Å²) < 4.78 is 4.65. The van der Waals surface area contributed by atoms with Crippen molar-refractivity contribution < 1.29 is 34.1 Å². The number of rotatable bonds is 12. The van der Waals surface area contributed by atoms with Crippen LogP contribution in [0, 0.1) is 11.8 Å². The largest absolute Gasteiger partial charge is 0.480 e. The molecular weight excluding hydrogens is 388 g/mol. The zero-order valence-corrected chi connectivity index (χ0v) is 17.9. The lowest BCUT2D eigenvalue weighted by Crippen LogP contribution is -2.57. The Kier molecular flexibility index (Phi) is 11.8. The molecular formula is C18H32N2O7S. The zero-order valence-electron chi connectivity index (χ0n) is 17.0. The maximum atomic E-state index is 12.7. The lowest BCUT2D eigenvalue weighted by atomic mass is 9.95. The van der Waals surface area contributed by atoms with Gasteiger partial charge in [0, 0.05) is 0 Å². The molecule has 28 heavy (non-hydrogen) atoms. The minimum absolute atomic E-state index is 0.0299. The van der Waals surface area contributed by atoms with Crippen LogP contribution in [0.4, 0.5) is 0 Å². The number of nitrogens with one attached hydrogen (secondary N) is 2. The fraction of sp³-hybridized carbons (Fsp3) is 0.778. The van der Waals surface area contributed by atoms with E-state index in [9.17, 15) is 29.4 Å². The van der Waals surface area contributed by atoms with Gasteiger partial charge >= 0.3 is 11.9 Å². The van der Waals surface area contributed by atoms with Crippen molar-refractivity contribution in [2.45, 2.75) is 70.9 Å². The van der Waals surface area contributed by atoms with E-state index < -0.39 is 47.2 Å². The number of carboxylic acid groups (broad SMARTS) is 1. The van der Waals surface area contributed by atoms with Crippen LogP contribution in [-0.4, -0.2) is 64.0 Å². The van der Waals surface area contributed by atoms with Crippen LogP contribution in [0.1, 0.15) is 47.5 Å². The van der Waals surface area contributed by atoms with Gasteiger partial charge in [0.1, 0.15) is 17.3 Å². The molecule has 10 heteroatoms. The average Bonchev–Trinajstić information content (AvgIpc) is 2.67. The van der Waals surface area contributed by atoms with E-state index in [0.717, 1.165) is 0 Å². The summed E-state index contributed by atoms with van der Waals surface area (Å²) in [5.41, 5.74) is 0. The van der Waals surface area contributed by atoms with Gasteiger partial charge in [-0.1, -0.05) is 40.5 Å². The van der Waals surface area contributed by atoms with E-state index in [1.807, 2.05) is 13.8 Å². The van der Waals surface area contributed by atoms with Gasteiger partial charge in [0.2, 0.25) is 11.8 Å². The number of carbonyl (C=O) groups excluding carboxylic acids is 3. The number of thiol groups is 1. The lowest BCUT2D eigenvalue weighted by Gasteiger charge is -2.28. The molecule has 4 N–H and O–H groups in total. The molecule has 0 aromatic rings. The summed E-state index contributed by atoms with van der Waals surface area (Å²) in [6, 6.07) is -2.15. The monoisotopic (exact) mass is 420 g/mol. The number of aliphatic hydroxyl groups is 1. The predicted octanol–water partition coefficient (Wildman–Crippen LogP) is 0.355. The van der Waals surface area contributed by atoms with Crippen molar-refractivity contribution in [1.82, 2.24) is 10.6 Å². The molecule has 0 aromatic heterocycles. The molecule has 0 bridgehead atoms. The Balaban J connectivity index is 5.31. The minimum Gasteiger partial charge on any atom is -0.480 e. The van der Waals surface area contributed by atoms with E-state index in [1.165, 1.54) is 0 Å². The van der Waals surface area contributed by atoms with Crippen LogP contribution in [0.3, 0.4) is 0 Å². The Hall–Kier alpha value is -1.81. The maximum absolute atomic E-state index is 12.7. The highest BCUT2D eigenvalue weighted by atomic mass is 32.1. The van der Waals surface area contributed by atoms with E-state index in [0.29, 0.717) is 12.8 Å². The number of ether oxygens (including phenoxy) is 1. The molecule has 6 atom stereocenters. The number of aliphatic hydroxyl groups excluding tert-OH is 1. The van der Waals surface area contributed by atoms with Gasteiger partial charge in [-0.2, -0.15) is 12.6 Å². The molecule has 0 spiro atoms. The third kappa shape index (κ3) is 7.67. The molecule has 0 heterocycles. The van der Waals surface area contributed by atoms with Crippen LogP contribution in [0.15, 0.2) is 0 Å². The molecule has 0 aliphatic carbocycles. The number of carbonyl (C=O) groups is 4. The molecule has 9 nitrogen and oxygen atoms in total. The van der Waals surface area contributed by atoms with Gasteiger partial charge in [0.05, 0.1) is 6.61 Å². The number of hydrogen-bond donors (Lipinski definition) is 5. The Morgan fingerprint density at radius 1 is 0.929 bits per heavy atom. The minimum atomic E-state index is -1.80. The van der Waals surface area contributed by atoms with E-state index in [4.69, 9.17) is 0 Å². The molecule has 162 valence electrons. The van der Waals surface area contributed by atoms with Crippen LogP contribution in [0.5, 0.6) is 0 Å². The summed E-state index contributed by atoms with van der Waals surface area (Å²) in [7, 11) is 0. The summed E-state index contributed by atoms with van der Waals surface area (Å²) in [4.78, 5) is 48.1. The van der Waals surface area contributed by atoms with Crippen molar-refractivity contribution in [1.29, 1.82) is 0 Å². The molecule has 0 aliphatic heterocycles. The second kappa shape index (κ2) is 12.6. The molecule has 2 amide bonds. The molecule has 0 rings (SSSR count). The van der Waals surface area contributed by atoms with E-state index >= 15 is 0 Å². The highest BCUT2D eigenvalue weighted by Gasteiger charge is 2.36. The van der Waals surface area contributed by atoms with E-state index in [-0.39, 0.29) is 18.4 Å². The number of aliphatic carboxylic acids is 1. The van der Waals surface area contributed by atoms with Crippen LogP contribution in [0.2, 0.25) is 0 Å². The van der Waals surface area contributed by atoms with Gasteiger partial charge in [0.25, 0.3) is 0 Å². The Labute approximate surface area is 171 Å². The normalized spacial score (nSPS) is 17.4. The Morgan fingerprint density at radius 3 is 1.82 bits per heavy atom. The standard InChI is InChI=1S/C18H32N2O7S/c1-6-9(4)11(15(22)20-12(17(24)25)10(5)7-2)19-16(23)14(28)13(21)18(26)27-8-3/h9-14,21,28H,6-8H2,1-5H3,(H,19,23)(H,20,22)(H,24,25)/t9-,10-,11-,12-,13-,14+/m0/s1. The van der Waals surface area contributed by atoms with Gasteiger partial charge in [-0.05, 0) is 18.8 Å². The number of carboxylic acids is 1. The Morgan fingerprint density at radius 2 is 1.39 bits per heavy atom. The third-order valence-electron chi connectivity index (χ3n) is 4.67. The number of hydrogen-bond acceptors (Lipinski definition) is 7. The van der Waals surface area contributed by atoms with Crippen molar-refractivity contribution in [3.8, 4) is 0 Å². The summed E-state index contributed by atoms with van der Waals surface area (Å²) in [5.74, 6) is -4.28. The van der Waals surface area contributed by atoms with Gasteiger partial charge in [0.15, 0.2) is 6.10 Å². The third-order valence-corrected chi connectivity index (χ3v) is 5.18. The van der Waals surface area contributed by atoms with Crippen molar-refractivity contribution in [3.05, 3.63) is 0 Å². The predicted molar refractivity (Wildman–Crippen MR) is 106 cm³/mol.